The highest BCUT2D eigenvalue weighted by Crippen LogP contribution is 2.20. The minimum atomic E-state index is -0.734. The van der Waals surface area contributed by atoms with Crippen molar-refractivity contribution in [3.8, 4) is 5.75 Å². The van der Waals surface area contributed by atoms with E-state index in [0.29, 0.717) is 17.2 Å². The van der Waals surface area contributed by atoms with Crippen LogP contribution < -0.4 is 15.6 Å². The van der Waals surface area contributed by atoms with Gasteiger partial charge in [0.25, 0.3) is 11.8 Å². The molecule has 0 spiro atoms. The zero-order valence-electron chi connectivity index (χ0n) is 13.8. The maximum absolute atomic E-state index is 12.2. The van der Waals surface area contributed by atoms with Crippen LogP contribution in [0, 0.1) is 6.92 Å². The van der Waals surface area contributed by atoms with Gasteiger partial charge < -0.3 is 4.74 Å². The van der Waals surface area contributed by atoms with Crippen molar-refractivity contribution in [1.29, 1.82) is 0 Å². The van der Waals surface area contributed by atoms with Gasteiger partial charge in [0, 0.05) is 5.02 Å². The van der Waals surface area contributed by atoms with Crippen LogP contribution in [-0.2, 0) is 4.79 Å². The fourth-order valence-corrected chi connectivity index (χ4v) is 2.61. The first-order valence-corrected chi connectivity index (χ1v) is 8.45. The standard InChI is InChI=1S/C18H18Cl2N2O3/c1-3-16(25-13-6-4-5-11(2)9-13)18(24)22-21-17(23)14-8-7-12(19)10-15(14)20/h4-10,16H,3H2,1-2H3,(H,21,23)(H,22,24). The molecule has 2 amide bonds. The van der Waals surface area contributed by atoms with Gasteiger partial charge in [-0.1, -0.05) is 42.3 Å². The van der Waals surface area contributed by atoms with E-state index in [9.17, 15) is 9.59 Å². The topological polar surface area (TPSA) is 67.4 Å². The second-order valence-electron chi connectivity index (χ2n) is 5.40. The van der Waals surface area contributed by atoms with Crippen molar-refractivity contribution in [1.82, 2.24) is 10.9 Å². The lowest BCUT2D eigenvalue weighted by atomic mass is 10.2. The molecular formula is C18H18Cl2N2O3. The smallest absolute Gasteiger partial charge is 0.279 e. The van der Waals surface area contributed by atoms with E-state index in [4.69, 9.17) is 27.9 Å². The number of benzene rings is 2. The largest absolute Gasteiger partial charge is 0.481 e. The summed E-state index contributed by atoms with van der Waals surface area (Å²) >= 11 is 11.8. The average Bonchev–Trinajstić information content (AvgIpc) is 2.57. The maximum Gasteiger partial charge on any atom is 0.279 e. The molecule has 2 rings (SSSR count). The first-order valence-electron chi connectivity index (χ1n) is 7.69. The summed E-state index contributed by atoms with van der Waals surface area (Å²) in [5, 5.41) is 0.616. The van der Waals surface area contributed by atoms with E-state index in [1.54, 1.807) is 12.1 Å². The first kappa shape index (κ1) is 19.1. The van der Waals surface area contributed by atoms with Crippen LogP contribution in [0.4, 0.5) is 0 Å². The molecule has 7 heteroatoms. The van der Waals surface area contributed by atoms with E-state index < -0.39 is 17.9 Å². The van der Waals surface area contributed by atoms with Crippen molar-refractivity contribution >= 4 is 35.0 Å². The zero-order valence-corrected chi connectivity index (χ0v) is 15.3. The average molecular weight is 381 g/mol. The summed E-state index contributed by atoms with van der Waals surface area (Å²) in [4.78, 5) is 24.3. The molecule has 0 saturated heterocycles. The number of halogens is 2. The van der Waals surface area contributed by atoms with Crippen LogP contribution in [0.2, 0.25) is 10.0 Å². The van der Waals surface area contributed by atoms with Crippen LogP contribution in [0.25, 0.3) is 0 Å². The van der Waals surface area contributed by atoms with Crippen LogP contribution in [0.15, 0.2) is 42.5 Å². The number of carbonyl (C=O) groups excluding carboxylic acids is 2. The van der Waals surface area contributed by atoms with Crippen LogP contribution in [0.1, 0.15) is 29.3 Å². The molecule has 0 radical (unpaired) electrons. The highest BCUT2D eigenvalue weighted by atomic mass is 35.5. The molecule has 25 heavy (non-hydrogen) atoms. The normalized spacial score (nSPS) is 11.5. The molecule has 0 heterocycles. The van der Waals surface area contributed by atoms with E-state index in [0.717, 1.165) is 5.56 Å². The molecule has 1 unspecified atom stereocenters. The lowest BCUT2D eigenvalue weighted by Gasteiger charge is -2.18. The Labute approximate surface area is 156 Å². The molecule has 0 bridgehead atoms. The number of nitrogens with one attached hydrogen (secondary N) is 2. The van der Waals surface area contributed by atoms with Gasteiger partial charge >= 0.3 is 0 Å². The molecule has 132 valence electrons. The fraction of sp³-hybridized carbons (Fsp3) is 0.222. The molecule has 5 nitrogen and oxygen atoms in total. The van der Waals surface area contributed by atoms with Gasteiger partial charge in [0.1, 0.15) is 5.75 Å². The van der Waals surface area contributed by atoms with Crippen LogP contribution in [0.5, 0.6) is 5.75 Å². The highest BCUT2D eigenvalue weighted by Gasteiger charge is 2.20. The van der Waals surface area contributed by atoms with Crippen LogP contribution in [0.3, 0.4) is 0 Å². The third kappa shape index (κ3) is 5.37. The van der Waals surface area contributed by atoms with Crippen molar-refractivity contribution in [3.05, 3.63) is 63.6 Å². The fourth-order valence-electron chi connectivity index (χ4n) is 2.11. The molecule has 0 aliphatic rings. The monoisotopic (exact) mass is 380 g/mol. The maximum atomic E-state index is 12.2. The molecular weight excluding hydrogens is 363 g/mol. The van der Waals surface area contributed by atoms with Crippen molar-refractivity contribution in [2.75, 3.05) is 0 Å². The Morgan fingerprint density at radius 3 is 2.52 bits per heavy atom. The Bertz CT molecular complexity index is 781. The summed E-state index contributed by atoms with van der Waals surface area (Å²) in [6.45, 7) is 3.75. The van der Waals surface area contributed by atoms with E-state index >= 15 is 0 Å². The van der Waals surface area contributed by atoms with Gasteiger partial charge in [0.15, 0.2) is 6.10 Å². The number of rotatable bonds is 5. The third-order valence-corrected chi connectivity index (χ3v) is 3.95. The Kier molecular flexibility index (Phi) is 6.67. The highest BCUT2D eigenvalue weighted by molar-refractivity contribution is 6.36. The lowest BCUT2D eigenvalue weighted by Crippen LogP contribution is -2.48. The van der Waals surface area contributed by atoms with Crippen molar-refractivity contribution in [3.63, 3.8) is 0 Å². The molecule has 2 aromatic carbocycles. The molecule has 0 aliphatic carbocycles. The van der Waals surface area contributed by atoms with Gasteiger partial charge in [-0.15, -0.1) is 0 Å². The molecule has 0 aliphatic heterocycles. The predicted octanol–water partition coefficient (Wildman–Crippen LogP) is 3.92. The number of hydrogen-bond donors (Lipinski definition) is 2. The van der Waals surface area contributed by atoms with Crippen LogP contribution in [-0.4, -0.2) is 17.9 Å². The van der Waals surface area contributed by atoms with Gasteiger partial charge in [-0.05, 0) is 49.2 Å². The van der Waals surface area contributed by atoms with Gasteiger partial charge in [-0.3, -0.25) is 20.4 Å². The number of amides is 2. The van der Waals surface area contributed by atoms with Crippen molar-refractivity contribution in [2.45, 2.75) is 26.4 Å². The first-order chi connectivity index (χ1) is 11.9. The number of ether oxygens (including phenoxy) is 1. The summed E-state index contributed by atoms with van der Waals surface area (Å²) in [6.07, 6.45) is -0.292. The summed E-state index contributed by atoms with van der Waals surface area (Å²) < 4.78 is 5.68. The SMILES string of the molecule is CCC(Oc1cccc(C)c1)C(=O)NNC(=O)c1ccc(Cl)cc1Cl. The summed E-state index contributed by atoms with van der Waals surface area (Å²) in [7, 11) is 0. The van der Waals surface area contributed by atoms with E-state index in [1.807, 2.05) is 32.0 Å². The molecule has 0 aromatic heterocycles. The number of aryl methyl sites for hydroxylation is 1. The zero-order chi connectivity index (χ0) is 18.4. The summed E-state index contributed by atoms with van der Waals surface area (Å²) in [5.74, 6) is -0.406. The number of hydrazine groups is 1. The minimum Gasteiger partial charge on any atom is -0.481 e. The summed E-state index contributed by atoms with van der Waals surface area (Å²) in [6, 6.07) is 11.9. The number of hydrogen-bond acceptors (Lipinski definition) is 3. The molecule has 2 aromatic rings. The Morgan fingerprint density at radius 2 is 1.88 bits per heavy atom. The van der Waals surface area contributed by atoms with Gasteiger partial charge in [-0.25, -0.2) is 0 Å². The predicted molar refractivity (Wildman–Crippen MR) is 98.0 cm³/mol. The van der Waals surface area contributed by atoms with Gasteiger partial charge in [0.2, 0.25) is 0 Å². The second kappa shape index (κ2) is 8.74. The van der Waals surface area contributed by atoms with E-state index in [-0.39, 0.29) is 10.6 Å². The number of carbonyl (C=O) groups is 2. The van der Waals surface area contributed by atoms with Crippen LogP contribution >= 0.6 is 23.2 Å². The van der Waals surface area contributed by atoms with Gasteiger partial charge in [-0.2, -0.15) is 0 Å². The third-order valence-electron chi connectivity index (χ3n) is 3.41. The quantitative estimate of drug-likeness (QED) is 0.772. The van der Waals surface area contributed by atoms with E-state index in [2.05, 4.69) is 10.9 Å². The summed E-state index contributed by atoms with van der Waals surface area (Å²) in [5.41, 5.74) is 5.91. The van der Waals surface area contributed by atoms with Gasteiger partial charge in [0.05, 0.1) is 10.6 Å². The Morgan fingerprint density at radius 1 is 1.12 bits per heavy atom. The van der Waals surface area contributed by atoms with Crippen molar-refractivity contribution in [2.24, 2.45) is 0 Å². The minimum absolute atomic E-state index is 0.197. The Hall–Kier alpha value is -2.24. The van der Waals surface area contributed by atoms with E-state index in [1.165, 1.54) is 12.1 Å². The Balaban J connectivity index is 1.96. The molecule has 0 saturated carbocycles. The molecule has 0 fully saturated rings. The van der Waals surface area contributed by atoms with Crippen molar-refractivity contribution < 1.29 is 14.3 Å². The molecule has 2 N–H and O–H groups in total. The second-order valence-corrected chi connectivity index (χ2v) is 6.24. The lowest BCUT2D eigenvalue weighted by molar-refractivity contribution is -0.128. The molecule has 1 atom stereocenters.